The molecule has 3 aromatic rings. The Hall–Kier alpha value is -4.39. The molecule has 7 heteroatoms. The first-order valence-corrected chi connectivity index (χ1v) is 10.0. The summed E-state index contributed by atoms with van der Waals surface area (Å²) < 4.78 is 5.94. The second-order valence-electron chi connectivity index (χ2n) is 6.73. The standard InChI is InChI=1S/C25H25N5O2/c1-2-20(16-28-18-26)24-8-4-3-7-21(24)17-32-23-11-9-22(10-12-23)30-25(31)29-15-19-6-5-13-27-14-19/h2-14,16,18H,1,15,17H2,(H2,26,28)(H2,29,30,31)/b20-16+. The number of aromatic nitrogens is 1. The van der Waals surface area contributed by atoms with Crippen molar-refractivity contribution in [2.75, 3.05) is 5.32 Å². The third-order valence-electron chi connectivity index (χ3n) is 4.53. The number of rotatable bonds is 9. The van der Waals surface area contributed by atoms with Crippen molar-refractivity contribution < 1.29 is 9.53 Å². The molecule has 162 valence electrons. The summed E-state index contributed by atoms with van der Waals surface area (Å²) in [5.41, 5.74) is 9.74. The molecule has 4 N–H and O–H groups in total. The monoisotopic (exact) mass is 427 g/mol. The topological polar surface area (TPSA) is 102 Å². The Morgan fingerprint density at radius 1 is 1.12 bits per heavy atom. The fourth-order valence-corrected chi connectivity index (χ4v) is 2.94. The molecule has 0 aliphatic carbocycles. The summed E-state index contributed by atoms with van der Waals surface area (Å²) in [7, 11) is 0. The van der Waals surface area contributed by atoms with Gasteiger partial charge in [-0.15, -0.1) is 0 Å². The summed E-state index contributed by atoms with van der Waals surface area (Å²) in [4.78, 5) is 20.1. The SMILES string of the molecule is C=C/C(=C\N=C/N)c1ccccc1COc1ccc(NC(=O)NCc2cccnc2)cc1. The highest BCUT2D eigenvalue weighted by molar-refractivity contribution is 5.89. The Morgan fingerprint density at radius 2 is 1.94 bits per heavy atom. The van der Waals surface area contributed by atoms with Gasteiger partial charge in [0.1, 0.15) is 12.4 Å². The summed E-state index contributed by atoms with van der Waals surface area (Å²) >= 11 is 0. The van der Waals surface area contributed by atoms with Crippen LogP contribution in [0.3, 0.4) is 0 Å². The summed E-state index contributed by atoms with van der Waals surface area (Å²) in [5, 5.41) is 5.59. The van der Waals surface area contributed by atoms with E-state index in [0.717, 1.165) is 22.3 Å². The van der Waals surface area contributed by atoms with Crippen LogP contribution in [0, 0.1) is 0 Å². The van der Waals surface area contributed by atoms with Crippen LogP contribution in [0.4, 0.5) is 10.5 Å². The van der Waals surface area contributed by atoms with E-state index in [1.54, 1.807) is 36.8 Å². The zero-order chi connectivity index (χ0) is 22.6. The molecule has 1 aromatic heterocycles. The molecule has 32 heavy (non-hydrogen) atoms. The van der Waals surface area contributed by atoms with Crippen LogP contribution >= 0.6 is 0 Å². The van der Waals surface area contributed by atoms with E-state index in [0.29, 0.717) is 24.6 Å². The normalized spacial score (nSPS) is 11.2. The average Bonchev–Trinajstić information content (AvgIpc) is 2.84. The maximum atomic E-state index is 12.1. The van der Waals surface area contributed by atoms with Crippen molar-refractivity contribution in [1.82, 2.24) is 10.3 Å². The Morgan fingerprint density at radius 3 is 2.66 bits per heavy atom. The second kappa shape index (κ2) is 11.7. The van der Waals surface area contributed by atoms with Gasteiger partial charge in [0.15, 0.2) is 0 Å². The third kappa shape index (κ3) is 6.56. The molecule has 3 rings (SSSR count). The fourth-order valence-electron chi connectivity index (χ4n) is 2.94. The number of carbonyl (C=O) groups is 1. The van der Waals surface area contributed by atoms with Gasteiger partial charge >= 0.3 is 6.03 Å². The summed E-state index contributed by atoms with van der Waals surface area (Å²) in [6.45, 7) is 4.61. The van der Waals surface area contributed by atoms with Crippen LogP contribution in [-0.4, -0.2) is 17.4 Å². The molecule has 0 atom stereocenters. The molecule has 0 saturated heterocycles. The highest BCUT2D eigenvalue weighted by Gasteiger charge is 2.07. The molecule has 0 spiro atoms. The lowest BCUT2D eigenvalue weighted by Crippen LogP contribution is -2.28. The maximum Gasteiger partial charge on any atom is 0.319 e. The molecule has 7 nitrogen and oxygen atoms in total. The summed E-state index contributed by atoms with van der Waals surface area (Å²) in [6, 6.07) is 18.5. The van der Waals surface area contributed by atoms with Crippen LogP contribution in [0.5, 0.6) is 5.75 Å². The van der Waals surface area contributed by atoms with E-state index in [9.17, 15) is 4.79 Å². The molecule has 0 fully saturated rings. The van der Waals surface area contributed by atoms with E-state index < -0.39 is 0 Å². The van der Waals surface area contributed by atoms with Crippen molar-refractivity contribution in [2.24, 2.45) is 10.7 Å². The molecule has 0 bridgehead atoms. The molecule has 1 heterocycles. The average molecular weight is 428 g/mol. The summed E-state index contributed by atoms with van der Waals surface area (Å²) in [6.07, 6.45) is 8.02. The number of amides is 2. The highest BCUT2D eigenvalue weighted by Crippen LogP contribution is 2.23. The fraction of sp³-hybridized carbons (Fsp3) is 0.0800. The van der Waals surface area contributed by atoms with Crippen LogP contribution in [0.2, 0.25) is 0 Å². The van der Waals surface area contributed by atoms with Gasteiger partial charge in [-0.3, -0.25) is 4.98 Å². The number of nitrogens with zero attached hydrogens (tertiary/aromatic N) is 2. The molecular formula is C25H25N5O2. The van der Waals surface area contributed by atoms with Crippen LogP contribution in [0.1, 0.15) is 16.7 Å². The van der Waals surface area contributed by atoms with Gasteiger partial charge in [-0.25, -0.2) is 9.79 Å². The first-order chi connectivity index (χ1) is 15.7. The van der Waals surface area contributed by atoms with Gasteiger partial charge in [0.05, 0.1) is 6.34 Å². The first kappa shape index (κ1) is 22.3. The van der Waals surface area contributed by atoms with E-state index in [1.165, 1.54) is 6.34 Å². The molecule has 0 radical (unpaired) electrons. The van der Waals surface area contributed by atoms with Gasteiger partial charge in [-0.2, -0.15) is 0 Å². The van der Waals surface area contributed by atoms with E-state index >= 15 is 0 Å². The van der Waals surface area contributed by atoms with Crippen molar-refractivity contribution in [3.63, 3.8) is 0 Å². The molecule has 0 saturated carbocycles. The van der Waals surface area contributed by atoms with Crippen LogP contribution < -0.4 is 21.1 Å². The predicted molar refractivity (Wildman–Crippen MR) is 128 cm³/mol. The number of urea groups is 1. The lowest BCUT2D eigenvalue weighted by molar-refractivity contribution is 0.251. The lowest BCUT2D eigenvalue weighted by Gasteiger charge is -2.12. The van der Waals surface area contributed by atoms with E-state index in [-0.39, 0.29) is 6.03 Å². The minimum atomic E-state index is -0.291. The Labute approximate surface area is 187 Å². The van der Waals surface area contributed by atoms with Crippen molar-refractivity contribution >= 4 is 23.6 Å². The second-order valence-corrected chi connectivity index (χ2v) is 6.73. The molecule has 0 aliphatic heterocycles. The van der Waals surface area contributed by atoms with Crippen LogP contribution in [-0.2, 0) is 13.2 Å². The van der Waals surface area contributed by atoms with Crippen molar-refractivity contribution in [1.29, 1.82) is 0 Å². The molecule has 0 aliphatic rings. The van der Waals surface area contributed by atoms with Crippen LogP contribution in [0.15, 0.2) is 96.9 Å². The van der Waals surface area contributed by atoms with Crippen molar-refractivity contribution in [2.45, 2.75) is 13.2 Å². The number of nitrogens with one attached hydrogen (secondary N) is 2. The van der Waals surface area contributed by atoms with Gasteiger partial charge in [-0.1, -0.05) is 43.0 Å². The first-order valence-electron chi connectivity index (χ1n) is 10.0. The Kier molecular flexibility index (Phi) is 8.16. The molecule has 0 unspecified atom stereocenters. The molecule has 2 amide bonds. The summed E-state index contributed by atoms with van der Waals surface area (Å²) in [5.74, 6) is 0.685. The number of ether oxygens (including phenoxy) is 1. The zero-order valence-corrected chi connectivity index (χ0v) is 17.6. The van der Waals surface area contributed by atoms with Gasteiger partial charge in [0.2, 0.25) is 0 Å². The maximum absolute atomic E-state index is 12.1. The minimum absolute atomic E-state index is 0.291. The number of anilines is 1. The Balaban J connectivity index is 1.56. The van der Waals surface area contributed by atoms with Gasteiger partial charge < -0.3 is 21.1 Å². The Bertz CT molecular complexity index is 1090. The van der Waals surface area contributed by atoms with Gasteiger partial charge in [-0.05, 0) is 52.6 Å². The number of carbonyl (C=O) groups excluding carboxylic acids is 1. The number of aliphatic imine (C=N–C) groups is 1. The highest BCUT2D eigenvalue weighted by atomic mass is 16.5. The minimum Gasteiger partial charge on any atom is -0.489 e. The molecule has 2 aromatic carbocycles. The number of nitrogens with two attached hydrogens (primary N) is 1. The largest absolute Gasteiger partial charge is 0.489 e. The van der Waals surface area contributed by atoms with Crippen molar-refractivity contribution in [3.05, 3.63) is 109 Å². The molecular weight excluding hydrogens is 402 g/mol. The number of hydrogen-bond donors (Lipinski definition) is 3. The van der Waals surface area contributed by atoms with E-state index in [4.69, 9.17) is 10.5 Å². The lowest BCUT2D eigenvalue weighted by atomic mass is 10.0. The van der Waals surface area contributed by atoms with Gasteiger partial charge in [0, 0.05) is 30.8 Å². The van der Waals surface area contributed by atoms with E-state index in [1.807, 2.05) is 48.5 Å². The van der Waals surface area contributed by atoms with E-state index in [2.05, 4.69) is 27.2 Å². The van der Waals surface area contributed by atoms with Crippen molar-refractivity contribution in [3.8, 4) is 5.75 Å². The smallest absolute Gasteiger partial charge is 0.319 e. The number of allylic oxidation sites excluding steroid dienone is 2. The predicted octanol–water partition coefficient (Wildman–Crippen LogP) is 4.50. The van der Waals surface area contributed by atoms with Gasteiger partial charge in [0.25, 0.3) is 0 Å². The quantitative estimate of drug-likeness (QED) is 0.266. The number of benzene rings is 2. The number of hydrogen-bond acceptors (Lipinski definition) is 4. The van der Waals surface area contributed by atoms with Crippen LogP contribution in [0.25, 0.3) is 5.57 Å². The third-order valence-corrected chi connectivity index (χ3v) is 4.53. The number of pyridine rings is 1. The zero-order valence-electron chi connectivity index (χ0n) is 17.6.